The number of hydrogen-bond acceptors (Lipinski definition) is 3. The van der Waals surface area contributed by atoms with Gasteiger partial charge < -0.3 is 15.8 Å². The predicted molar refractivity (Wildman–Crippen MR) is 66.3 cm³/mol. The van der Waals surface area contributed by atoms with Crippen molar-refractivity contribution in [3.8, 4) is 0 Å². The normalized spacial score (nSPS) is 37.1. The number of amides is 1. The summed E-state index contributed by atoms with van der Waals surface area (Å²) >= 11 is 0. The number of ether oxygens (including phenoxy) is 1. The van der Waals surface area contributed by atoms with Crippen molar-refractivity contribution in [2.24, 2.45) is 29.4 Å². The molecule has 4 heteroatoms. The number of nitrogens with one attached hydrogen (secondary N) is 1. The van der Waals surface area contributed by atoms with Crippen LogP contribution < -0.4 is 11.1 Å². The standard InChI is InChI=1S/C13H24N2O2/c1-8(7-17-2)6-15-13(16)11-9-3-4-10(5-9)12(11)14/h8-12H,3-7,14H2,1-2H3,(H,15,16). The Balaban J connectivity index is 1.80. The third kappa shape index (κ3) is 2.63. The first kappa shape index (κ1) is 12.8. The van der Waals surface area contributed by atoms with Crippen LogP contribution in [0.2, 0.25) is 0 Å². The van der Waals surface area contributed by atoms with E-state index in [9.17, 15) is 4.79 Å². The van der Waals surface area contributed by atoms with E-state index in [-0.39, 0.29) is 17.9 Å². The third-order valence-electron chi connectivity index (χ3n) is 4.36. The number of methoxy groups -OCH3 is 1. The van der Waals surface area contributed by atoms with Gasteiger partial charge >= 0.3 is 0 Å². The second kappa shape index (κ2) is 5.36. The van der Waals surface area contributed by atoms with Crippen LogP contribution >= 0.6 is 0 Å². The Hall–Kier alpha value is -0.610. The van der Waals surface area contributed by atoms with Gasteiger partial charge in [0.2, 0.25) is 5.91 Å². The van der Waals surface area contributed by atoms with Crippen LogP contribution in [0.5, 0.6) is 0 Å². The fraction of sp³-hybridized carbons (Fsp3) is 0.923. The molecule has 2 saturated carbocycles. The van der Waals surface area contributed by atoms with Crippen molar-refractivity contribution in [2.45, 2.75) is 32.2 Å². The van der Waals surface area contributed by atoms with Gasteiger partial charge in [-0.25, -0.2) is 0 Å². The molecule has 1 amide bonds. The molecule has 4 nitrogen and oxygen atoms in total. The van der Waals surface area contributed by atoms with Crippen molar-refractivity contribution >= 4 is 5.91 Å². The zero-order valence-electron chi connectivity index (χ0n) is 10.8. The molecule has 5 unspecified atom stereocenters. The monoisotopic (exact) mass is 240 g/mol. The topological polar surface area (TPSA) is 64.3 Å². The lowest BCUT2D eigenvalue weighted by molar-refractivity contribution is -0.127. The maximum atomic E-state index is 12.1. The van der Waals surface area contributed by atoms with Crippen LogP contribution in [0.4, 0.5) is 0 Å². The molecule has 2 aliphatic carbocycles. The van der Waals surface area contributed by atoms with Gasteiger partial charge in [-0.3, -0.25) is 4.79 Å². The summed E-state index contributed by atoms with van der Waals surface area (Å²) < 4.78 is 5.06. The zero-order chi connectivity index (χ0) is 12.4. The van der Waals surface area contributed by atoms with E-state index >= 15 is 0 Å². The average Bonchev–Trinajstić information content (AvgIpc) is 2.86. The van der Waals surface area contributed by atoms with E-state index < -0.39 is 0 Å². The molecule has 0 aliphatic heterocycles. The molecule has 2 rings (SSSR count). The largest absolute Gasteiger partial charge is 0.384 e. The van der Waals surface area contributed by atoms with Gasteiger partial charge in [0.05, 0.1) is 12.5 Å². The van der Waals surface area contributed by atoms with Gasteiger partial charge in [0.15, 0.2) is 0 Å². The van der Waals surface area contributed by atoms with E-state index in [0.29, 0.717) is 30.9 Å². The van der Waals surface area contributed by atoms with E-state index in [0.717, 1.165) is 6.42 Å². The van der Waals surface area contributed by atoms with Crippen LogP contribution in [0.15, 0.2) is 0 Å². The van der Waals surface area contributed by atoms with Crippen LogP contribution in [0.3, 0.4) is 0 Å². The smallest absolute Gasteiger partial charge is 0.224 e. The zero-order valence-corrected chi connectivity index (χ0v) is 10.8. The second-order valence-electron chi connectivity index (χ2n) is 5.74. The summed E-state index contributed by atoms with van der Waals surface area (Å²) in [5, 5.41) is 3.03. The molecule has 0 saturated heterocycles. The van der Waals surface area contributed by atoms with Gasteiger partial charge in [-0.2, -0.15) is 0 Å². The van der Waals surface area contributed by atoms with Gasteiger partial charge in [-0.05, 0) is 37.0 Å². The molecule has 3 N–H and O–H groups in total. The average molecular weight is 240 g/mol. The number of carbonyl (C=O) groups excluding carboxylic acids is 1. The number of hydrogen-bond donors (Lipinski definition) is 2. The maximum absolute atomic E-state index is 12.1. The Morgan fingerprint density at radius 1 is 1.47 bits per heavy atom. The van der Waals surface area contributed by atoms with E-state index in [2.05, 4.69) is 12.2 Å². The highest BCUT2D eigenvalue weighted by atomic mass is 16.5. The molecule has 98 valence electrons. The van der Waals surface area contributed by atoms with Crippen molar-refractivity contribution in [3.63, 3.8) is 0 Å². The molecule has 0 radical (unpaired) electrons. The first-order valence-electron chi connectivity index (χ1n) is 6.65. The van der Waals surface area contributed by atoms with Crippen LogP contribution in [0.25, 0.3) is 0 Å². The van der Waals surface area contributed by atoms with E-state index in [4.69, 9.17) is 10.5 Å². The lowest BCUT2D eigenvalue weighted by atomic mass is 9.84. The Morgan fingerprint density at radius 2 is 2.18 bits per heavy atom. The van der Waals surface area contributed by atoms with Crippen molar-refractivity contribution in [1.29, 1.82) is 0 Å². The minimum atomic E-state index is 0.0588. The molecule has 2 bridgehead atoms. The lowest BCUT2D eigenvalue weighted by Gasteiger charge is -2.27. The molecular weight excluding hydrogens is 216 g/mol. The molecule has 0 spiro atoms. The fourth-order valence-electron chi connectivity index (χ4n) is 3.46. The fourth-order valence-corrected chi connectivity index (χ4v) is 3.46. The molecule has 2 fully saturated rings. The number of rotatable bonds is 5. The third-order valence-corrected chi connectivity index (χ3v) is 4.36. The van der Waals surface area contributed by atoms with Crippen LogP contribution in [-0.2, 0) is 9.53 Å². The van der Waals surface area contributed by atoms with Gasteiger partial charge in [0.25, 0.3) is 0 Å². The van der Waals surface area contributed by atoms with Crippen molar-refractivity contribution < 1.29 is 9.53 Å². The van der Waals surface area contributed by atoms with E-state index in [1.54, 1.807) is 7.11 Å². The lowest BCUT2D eigenvalue weighted by Crippen LogP contribution is -2.46. The summed E-state index contributed by atoms with van der Waals surface area (Å²) in [5.41, 5.74) is 6.14. The molecule has 5 atom stereocenters. The van der Waals surface area contributed by atoms with Gasteiger partial charge in [-0.1, -0.05) is 6.92 Å². The first-order chi connectivity index (χ1) is 8.13. The summed E-state index contributed by atoms with van der Waals surface area (Å²) in [7, 11) is 1.68. The van der Waals surface area contributed by atoms with Crippen LogP contribution in [0, 0.1) is 23.7 Å². The van der Waals surface area contributed by atoms with Gasteiger partial charge in [0.1, 0.15) is 0 Å². The molecule has 0 aromatic rings. The molecular formula is C13H24N2O2. The number of fused-ring (bicyclic) bond motifs is 2. The highest BCUT2D eigenvalue weighted by Crippen LogP contribution is 2.47. The number of carbonyl (C=O) groups is 1. The Morgan fingerprint density at radius 3 is 2.76 bits per heavy atom. The second-order valence-corrected chi connectivity index (χ2v) is 5.74. The number of nitrogens with two attached hydrogens (primary N) is 1. The predicted octanol–water partition coefficient (Wildman–Crippen LogP) is 0.759. The molecule has 0 aromatic heterocycles. The highest BCUT2D eigenvalue weighted by Gasteiger charge is 2.48. The van der Waals surface area contributed by atoms with E-state index in [1.165, 1.54) is 12.8 Å². The molecule has 0 heterocycles. The summed E-state index contributed by atoms with van der Waals surface area (Å²) in [6, 6.07) is 0.0893. The molecule has 2 aliphatic rings. The van der Waals surface area contributed by atoms with Crippen molar-refractivity contribution in [1.82, 2.24) is 5.32 Å². The Kier molecular flexibility index (Phi) is 4.05. The summed E-state index contributed by atoms with van der Waals surface area (Å²) in [6.45, 7) is 3.45. The minimum absolute atomic E-state index is 0.0588. The van der Waals surface area contributed by atoms with Crippen molar-refractivity contribution in [3.05, 3.63) is 0 Å². The van der Waals surface area contributed by atoms with Crippen molar-refractivity contribution in [2.75, 3.05) is 20.3 Å². The summed E-state index contributed by atoms with van der Waals surface area (Å²) in [4.78, 5) is 12.1. The van der Waals surface area contributed by atoms with Gasteiger partial charge in [0, 0.05) is 19.7 Å². The Labute approximate surface area is 103 Å². The Bertz CT molecular complexity index is 281. The van der Waals surface area contributed by atoms with Crippen LogP contribution in [0.1, 0.15) is 26.2 Å². The summed E-state index contributed by atoms with van der Waals surface area (Å²) in [5.74, 6) is 1.70. The quantitative estimate of drug-likeness (QED) is 0.745. The van der Waals surface area contributed by atoms with Gasteiger partial charge in [-0.15, -0.1) is 0 Å². The van der Waals surface area contributed by atoms with E-state index in [1.807, 2.05) is 0 Å². The molecule has 0 aromatic carbocycles. The van der Waals surface area contributed by atoms with Crippen LogP contribution in [-0.4, -0.2) is 32.2 Å². The SMILES string of the molecule is COCC(C)CNC(=O)C1C2CCC(C2)C1N. The first-order valence-corrected chi connectivity index (χ1v) is 6.65. The maximum Gasteiger partial charge on any atom is 0.224 e. The summed E-state index contributed by atoms with van der Waals surface area (Å²) in [6.07, 6.45) is 3.56. The highest BCUT2D eigenvalue weighted by molar-refractivity contribution is 5.80. The molecule has 17 heavy (non-hydrogen) atoms. The minimum Gasteiger partial charge on any atom is -0.384 e.